The van der Waals surface area contributed by atoms with Gasteiger partial charge in [0.2, 0.25) is 0 Å². The standard InChI is InChI=1S/C58H38N2/c1-3-15-39(16-4-1)49-26-13-18-42-19-14-27-50(57(42)49)41-31-33-45(34-32-41)59(46-35-36-48-43(37-46)30-29-40-17-7-8-22-47(40)48)55-38-56-58(52-24-10-9-23-51(52)55)53-25-11-12-28-54(53)60(56)44-20-5-2-6-21-44/h1-38H. The summed E-state index contributed by atoms with van der Waals surface area (Å²) in [4.78, 5) is 2.46. The highest BCUT2D eigenvalue weighted by atomic mass is 15.1. The topological polar surface area (TPSA) is 8.17 Å². The number of nitrogens with zero attached hydrogens (tertiary/aromatic N) is 2. The summed E-state index contributed by atoms with van der Waals surface area (Å²) in [6, 6.07) is 84.3. The van der Waals surface area contributed by atoms with Gasteiger partial charge in [-0.15, -0.1) is 0 Å². The van der Waals surface area contributed by atoms with Gasteiger partial charge in [-0.25, -0.2) is 0 Å². The summed E-state index contributed by atoms with van der Waals surface area (Å²) in [6.45, 7) is 0. The normalized spacial score (nSPS) is 11.7. The van der Waals surface area contributed by atoms with Crippen LogP contribution in [0.4, 0.5) is 17.1 Å². The molecule has 0 aliphatic rings. The lowest BCUT2D eigenvalue weighted by molar-refractivity contribution is 1.18. The molecule has 0 spiro atoms. The predicted octanol–water partition coefficient (Wildman–Crippen LogP) is 16.2. The van der Waals surface area contributed by atoms with Crippen LogP contribution in [-0.4, -0.2) is 4.57 Å². The zero-order chi connectivity index (χ0) is 39.6. The lowest BCUT2D eigenvalue weighted by Gasteiger charge is -2.28. The number of benzene rings is 11. The van der Waals surface area contributed by atoms with Crippen molar-refractivity contribution in [1.29, 1.82) is 0 Å². The summed E-state index contributed by atoms with van der Waals surface area (Å²) in [5.41, 5.74) is 11.7. The Balaban J connectivity index is 1.12. The minimum absolute atomic E-state index is 1.09. The summed E-state index contributed by atoms with van der Waals surface area (Å²) in [5, 5.41) is 12.4. The molecule has 11 aromatic carbocycles. The molecule has 0 N–H and O–H groups in total. The molecule has 280 valence electrons. The van der Waals surface area contributed by atoms with Gasteiger partial charge in [-0.2, -0.15) is 0 Å². The third-order valence-corrected chi connectivity index (χ3v) is 12.3. The Bertz CT molecular complexity index is 3580. The fourth-order valence-corrected chi connectivity index (χ4v) is 9.65. The second-order valence-electron chi connectivity index (χ2n) is 15.7. The van der Waals surface area contributed by atoms with E-state index in [9.17, 15) is 0 Å². The maximum atomic E-state index is 2.46. The lowest BCUT2D eigenvalue weighted by Crippen LogP contribution is -2.11. The van der Waals surface area contributed by atoms with Crippen LogP contribution >= 0.6 is 0 Å². The quantitative estimate of drug-likeness (QED) is 0.153. The van der Waals surface area contributed by atoms with E-state index in [2.05, 4.69) is 240 Å². The number of para-hydroxylation sites is 2. The first kappa shape index (κ1) is 34.1. The van der Waals surface area contributed by atoms with Crippen molar-refractivity contribution in [1.82, 2.24) is 4.57 Å². The van der Waals surface area contributed by atoms with Crippen molar-refractivity contribution in [2.24, 2.45) is 0 Å². The van der Waals surface area contributed by atoms with Crippen LogP contribution in [0, 0.1) is 0 Å². The average molecular weight is 763 g/mol. The van der Waals surface area contributed by atoms with Gasteiger partial charge in [0.25, 0.3) is 0 Å². The van der Waals surface area contributed by atoms with Crippen LogP contribution in [0.1, 0.15) is 0 Å². The minimum atomic E-state index is 1.09. The van der Waals surface area contributed by atoms with Crippen LogP contribution in [0.2, 0.25) is 0 Å². The Morgan fingerprint density at radius 3 is 1.63 bits per heavy atom. The lowest BCUT2D eigenvalue weighted by atomic mass is 9.91. The van der Waals surface area contributed by atoms with Gasteiger partial charge in [-0.05, 0) is 108 Å². The number of hydrogen-bond donors (Lipinski definition) is 0. The second kappa shape index (κ2) is 13.9. The molecule has 0 bridgehead atoms. The number of aromatic nitrogens is 1. The van der Waals surface area contributed by atoms with Gasteiger partial charge in [0, 0.05) is 33.2 Å². The predicted molar refractivity (Wildman–Crippen MR) is 256 cm³/mol. The van der Waals surface area contributed by atoms with E-state index in [-0.39, 0.29) is 0 Å². The molecule has 0 radical (unpaired) electrons. The summed E-state index contributed by atoms with van der Waals surface area (Å²) < 4.78 is 2.43. The molecule has 2 heteroatoms. The zero-order valence-electron chi connectivity index (χ0n) is 32.8. The molecule has 0 saturated heterocycles. The summed E-state index contributed by atoms with van der Waals surface area (Å²) in [6.07, 6.45) is 0. The third kappa shape index (κ3) is 5.42. The molecular weight excluding hydrogens is 725 g/mol. The van der Waals surface area contributed by atoms with Crippen molar-refractivity contribution < 1.29 is 0 Å². The third-order valence-electron chi connectivity index (χ3n) is 12.3. The van der Waals surface area contributed by atoms with E-state index in [1.165, 1.54) is 87.1 Å². The van der Waals surface area contributed by atoms with Crippen LogP contribution in [0.3, 0.4) is 0 Å². The average Bonchev–Trinajstić information content (AvgIpc) is 3.66. The maximum absolute atomic E-state index is 2.46. The maximum Gasteiger partial charge on any atom is 0.0568 e. The Morgan fingerprint density at radius 1 is 0.300 bits per heavy atom. The molecule has 0 atom stereocenters. The van der Waals surface area contributed by atoms with Gasteiger partial charge in [0.15, 0.2) is 0 Å². The highest BCUT2D eigenvalue weighted by molar-refractivity contribution is 6.25. The van der Waals surface area contributed by atoms with Crippen molar-refractivity contribution in [2.75, 3.05) is 4.90 Å². The van der Waals surface area contributed by atoms with Crippen molar-refractivity contribution >= 4 is 82.0 Å². The monoisotopic (exact) mass is 762 g/mol. The molecule has 0 saturated carbocycles. The Kier molecular flexibility index (Phi) is 7.89. The van der Waals surface area contributed by atoms with Crippen LogP contribution in [0.5, 0.6) is 0 Å². The van der Waals surface area contributed by atoms with Gasteiger partial charge in [0.1, 0.15) is 0 Å². The largest absolute Gasteiger partial charge is 0.310 e. The van der Waals surface area contributed by atoms with Crippen molar-refractivity contribution in [3.63, 3.8) is 0 Å². The Morgan fingerprint density at radius 2 is 0.867 bits per heavy atom. The van der Waals surface area contributed by atoms with Crippen LogP contribution in [0.25, 0.3) is 92.8 Å². The first-order chi connectivity index (χ1) is 29.8. The first-order valence-corrected chi connectivity index (χ1v) is 20.7. The molecule has 0 aliphatic carbocycles. The molecule has 0 amide bonds. The Hall–Kier alpha value is -7.94. The van der Waals surface area contributed by atoms with Gasteiger partial charge in [-0.3, -0.25) is 0 Å². The summed E-state index contributed by atoms with van der Waals surface area (Å²) in [7, 11) is 0. The van der Waals surface area contributed by atoms with Crippen LogP contribution in [0.15, 0.2) is 231 Å². The highest BCUT2D eigenvalue weighted by Crippen LogP contribution is 2.47. The summed E-state index contributed by atoms with van der Waals surface area (Å²) >= 11 is 0. The van der Waals surface area contributed by atoms with Gasteiger partial charge >= 0.3 is 0 Å². The molecule has 1 aromatic heterocycles. The fraction of sp³-hybridized carbons (Fsp3) is 0. The molecule has 0 unspecified atom stereocenters. The molecule has 0 fully saturated rings. The van der Waals surface area contributed by atoms with Crippen LogP contribution < -0.4 is 4.90 Å². The number of anilines is 3. The van der Waals surface area contributed by atoms with E-state index in [0.29, 0.717) is 0 Å². The molecular formula is C58H38N2. The summed E-state index contributed by atoms with van der Waals surface area (Å²) in [5.74, 6) is 0. The van der Waals surface area contributed by atoms with Crippen molar-refractivity contribution in [2.45, 2.75) is 0 Å². The number of fused-ring (bicyclic) bond motifs is 9. The van der Waals surface area contributed by atoms with Crippen molar-refractivity contribution in [3.05, 3.63) is 231 Å². The van der Waals surface area contributed by atoms with Crippen LogP contribution in [-0.2, 0) is 0 Å². The fourth-order valence-electron chi connectivity index (χ4n) is 9.65. The van der Waals surface area contributed by atoms with E-state index in [0.717, 1.165) is 22.7 Å². The van der Waals surface area contributed by atoms with E-state index in [1.54, 1.807) is 0 Å². The minimum Gasteiger partial charge on any atom is -0.310 e. The Labute approximate surface area is 348 Å². The number of rotatable bonds is 6. The SMILES string of the molecule is c1ccc(-c2cccc3cccc(-c4ccc(N(c5ccc6c(ccc7ccccc76)c5)c5cc6c(c7ccccc57)c5ccccc5n6-c5ccccc5)cc4)c23)cc1. The van der Waals surface area contributed by atoms with Crippen molar-refractivity contribution in [3.8, 4) is 27.9 Å². The molecule has 12 aromatic rings. The zero-order valence-corrected chi connectivity index (χ0v) is 32.8. The van der Waals surface area contributed by atoms with E-state index >= 15 is 0 Å². The van der Waals surface area contributed by atoms with E-state index in [1.807, 2.05) is 0 Å². The first-order valence-electron chi connectivity index (χ1n) is 20.7. The van der Waals surface area contributed by atoms with Gasteiger partial charge in [0.05, 0.1) is 16.7 Å². The van der Waals surface area contributed by atoms with E-state index < -0.39 is 0 Å². The van der Waals surface area contributed by atoms with E-state index in [4.69, 9.17) is 0 Å². The van der Waals surface area contributed by atoms with Gasteiger partial charge < -0.3 is 9.47 Å². The number of hydrogen-bond acceptors (Lipinski definition) is 1. The molecule has 2 nitrogen and oxygen atoms in total. The molecule has 12 rings (SSSR count). The molecule has 1 heterocycles. The second-order valence-corrected chi connectivity index (χ2v) is 15.7. The smallest absolute Gasteiger partial charge is 0.0568 e. The molecule has 0 aliphatic heterocycles. The molecule has 60 heavy (non-hydrogen) atoms. The highest BCUT2D eigenvalue weighted by Gasteiger charge is 2.22. The van der Waals surface area contributed by atoms with Gasteiger partial charge in [-0.1, -0.05) is 182 Å².